The molecule has 0 aliphatic heterocycles. The summed E-state index contributed by atoms with van der Waals surface area (Å²) in [6.45, 7) is 0.649. The third-order valence-electron chi connectivity index (χ3n) is 4.21. The van der Waals surface area contributed by atoms with E-state index in [-0.39, 0.29) is 11.3 Å². The van der Waals surface area contributed by atoms with Gasteiger partial charge < -0.3 is 11.5 Å². The highest BCUT2D eigenvalue weighted by atomic mass is 19.4. The number of hydrogen-bond acceptors (Lipinski definition) is 4. The van der Waals surface area contributed by atoms with Crippen LogP contribution in [0.4, 0.5) is 18.9 Å². The van der Waals surface area contributed by atoms with Gasteiger partial charge in [-0.2, -0.15) is 13.2 Å². The number of nitrogens with zero attached hydrogens (tertiary/aromatic N) is 3. The zero-order valence-corrected chi connectivity index (χ0v) is 15.5. The van der Waals surface area contributed by atoms with Crippen LogP contribution >= 0.6 is 0 Å². The molecule has 0 saturated heterocycles. The molecule has 0 aliphatic carbocycles. The number of rotatable bonds is 3. The van der Waals surface area contributed by atoms with Gasteiger partial charge in [-0.3, -0.25) is 9.30 Å². The first-order valence-electron chi connectivity index (χ1n) is 8.49. The Bertz CT molecular complexity index is 1060. The van der Waals surface area contributed by atoms with Gasteiger partial charge >= 0.3 is 6.18 Å². The number of imidazole rings is 1. The molecule has 3 aromatic rings. The number of nitrogen functional groups attached to an aromatic ring is 1. The number of aromatic nitrogens is 2. The first-order chi connectivity index (χ1) is 13.2. The lowest BCUT2D eigenvalue weighted by Gasteiger charge is -2.18. The number of halogens is 3. The van der Waals surface area contributed by atoms with Gasteiger partial charge in [0.1, 0.15) is 11.7 Å². The summed E-state index contributed by atoms with van der Waals surface area (Å²) >= 11 is 0. The largest absolute Gasteiger partial charge is 0.407 e. The maximum Gasteiger partial charge on any atom is 0.407 e. The molecule has 3 rings (SSSR count). The fraction of sp³-hybridized carbons (Fsp3) is 0.250. The molecule has 0 fully saturated rings. The summed E-state index contributed by atoms with van der Waals surface area (Å²) in [6.07, 6.45) is -1.09. The van der Waals surface area contributed by atoms with Crippen molar-refractivity contribution in [3.05, 3.63) is 53.9 Å². The highest BCUT2D eigenvalue weighted by Gasteiger charge is 2.38. The maximum absolute atomic E-state index is 12.9. The second-order valence-corrected chi connectivity index (χ2v) is 6.69. The molecule has 8 heteroatoms. The van der Waals surface area contributed by atoms with Gasteiger partial charge in [0, 0.05) is 28.6 Å². The van der Waals surface area contributed by atoms with E-state index in [1.54, 1.807) is 12.3 Å². The summed E-state index contributed by atoms with van der Waals surface area (Å²) in [5, 5.41) is 0. The number of nitrogens with two attached hydrogens (primary N) is 2. The second-order valence-electron chi connectivity index (χ2n) is 6.69. The van der Waals surface area contributed by atoms with Crippen molar-refractivity contribution in [3.63, 3.8) is 0 Å². The summed E-state index contributed by atoms with van der Waals surface area (Å²) in [5.74, 6) is 6.13. The smallest absolute Gasteiger partial charge is 0.398 e. The average Bonchev–Trinajstić information content (AvgIpc) is 3.03. The number of hydrogen-bond donors (Lipinski definition) is 2. The van der Waals surface area contributed by atoms with E-state index >= 15 is 0 Å². The number of pyridine rings is 1. The Morgan fingerprint density at radius 1 is 1.21 bits per heavy atom. The maximum atomic E-state index is 12.9. The van der Waals surface area contributed by atoms with Crippen LogP contribution in [0.2, 0.25) is 0 Å². The van der Waals surface area contributed by atoms with Crippen molar-refractivity contribution < 1.29 is 13.2 Å². The lowest BCUT2D eigenvalue weighted by molar-refractivity contribution is -0.149. The Labute approximate surface area is 160 Å². The van der Waals surface area contributed by atoms with Crippen molar-refractivity contribution in [3.8, 4) is 23.1 Å². The molecule has 1 aromatic carbocycles. The standard InChI is InChI=1S/C20H20F3N5/c1-27(2)8-3-4-13-7-9-28-17(12-26-18(28)10-13)14-5-6-15(16(24)11-14)19(25)20(21,22)23/h5-7,9-12,19H,8,24-25H2,1-2H3. The third kappa shape index (κ3) is 4.11. The quantitative estimate of drug-likeness (QED) is 0.535. The molecule has 0 saturated carbocycles. The van der Waals surface area contributed by atoms with Crippen LogP contribution in [-0.4, -0.2) is 41.1 Å². The van der Waals surface area contributed by atoms with E-state index in [1.807, 2.05) is 41.7 Å². The van der Waals surface area contributed by atoms with E-state index in [0.29, 0.717) is 23.4 Å². The predicted molar refractivity (Wildman–Crippen MR) is 103 cm³/mol. The van der Waals surface area contributed by atoms with Crippen molar-refractivity contribution in [1.82, 2.24) is 14.3 Å². The predicted octanol–water partition coefficient (Wildman–Crippen LogP) is 3.06. The second kappa shape index (κ2) is 7.54. The van der Waals surface area contributed by atoms with Crippen LogP contribution in [0.3, 0.4) is 0 Å². The molecule has 0 amide bonds. The van der Waals surface area contributed by atoms with Gasteiger partial charge in [-0.15, -0.1) is 0 Å². The molecule has 5 nitrogen and oxygen atoms in total. The van der Waals surface area contributed by atoms with Crippen LogP contribution in [0.15, 0.2) is 42.7 Å². The Hall–Kier alpha value is -3.02. The third-order valence-corrected chi connectivity index (χ3v) is 4.21. The fourth-order valence-corrected chi connectivity index (χ4v) is 2.77. The Kier molecular flexibility index (Phi) is 5.31. The van der Waals surface area contributed by atoms with Crippen molar-refractivity contribution in [2.24, 2.45) is 5.73 Å². The fourth-order valence-electron chi connectivity index (χ4n) is 2.77. The molecular weight excluding hydrogens is 367 g/mol. The van der Waals surface area contributed by atoms with E-state index in [9.17, 15) is 13.2 Å². The number of fused-ring (bicyclic) bond motifs is 1. The Morgan fingerprint density at radius 2 is 1.96 bits per heavy atom. The monoisotopic (exact) mass is 387 g/mol. The highest BCUT2D eigenvalue weighted by Crippen LogP contribution is 2.35. The summed E-state index contributed by atoms with van der Waals surface area (Å²) in [5.41, 5.74) is 13.8. The van der Waals surface area contributed by atoms with E-state index in [2.05, 4.69) is 16.8 Å². The highest BCUT2D eigenvalue weighted by molar-refractivity contribution is 5.69. The topological polar surface area (TPSA) is 72.6 Å². The molecule has 146 valence electrons. The Morgan fingerprint density at radius 3 is 2.61 bits per heavy atom. The lowest BCUT2D eigenvalue weighted by Crippen LogP contribution is -2.29. The van der Waals surface area contributed by atoms with Gasteiger partial charge in [-0.1, -0.05) is 24.0 Å². The molecule has 0 bridgehead atoms. The molecule has 1 unspecified atom stereocenters. The normalized spacial score (nSPS) is 12.8. The summed E-state index contributed by atoms with van der Waals surface area (Å²) < 4.78 is 40.4. The molecular formula is C20H20F3N5. The van der Waals surface area contributed by atoms with Crippen LogP contribution in [0.1, 0.15) is 17.2 Å². The van der Waals surface area contributed by atoms with Crippen molar-refractivity contribution in [2.75, 3.05) is 26.4 Å². The number of alkyl halides is 3. The van der Waals surface area contributed by atoms with Crippen molar-refractivity contribution in [1.29, 1.82) is 0 Å². The van der Waals surface area contributed by atoms with Gasteiger partial charge in [0.15, 0.2) is 0 Å². The van der Waals surface area contributed by atoms with Crippen LogP contribution in [0.5, 0.6) is 0 Å². The van der Waals surface area contributed by atoms with Crippen LogP contribution in [0.25, 0.3) is 16.9 Å². The van der Waals surface area contributed by atoms with E-state index in [1.165, 1.54) is 12.1 Å². The minimum Gasteiger partial charge on any atom is -0.398 e. The first-order valence-corrected chi connectivity index (χ1v) is 8.49. The number of anilines is 1. The molecule has 2 heterocycles. The first kappa shape index (κ1) is 19.7. The number of benzene rings is 1. The van der Waals surface area contributed by atoms with Crippen molar-refractivity contribution >= 4 is 11.3 Å². The van der Waals surface area contributed by atoms with Gasteiger partial charge in [0.25, 0.3) is 0 Å². The minimum absolute atomic E-state index is 0.0107. The molecule has 4 N–H and O–H groups in total. The molecule has 0 spiro atoms. The van der Waals surface area contributed by atoms with E-state index < -0.39 is 12.2 Å². The summed E-state index contributed by atoms with van der Waals surface area (Å²) in [4.78, 5) is 6.33. The molecule has 1 atom stereocenters. The SMILES string of the molecule is CN(C)CC#Cc1ccn2c(-c3ccc(C(N)C(F)(F)F)c(N)c3)cnc2c1. The van der Waals surface area contributed by atoms with Gasteiger partial charge in [0.05, 0.1) is 18.4 Å². The molecule has 2 aromatic heterocycles. The average molecular weight is 387 g/mol. The van der Waals surface area contributed by atoms with Crippen LogP contribution in [-0.2, 0) is 0 Å². The summed E-state index contributed by atoms with van der Waals surface area (Å²) in [7, 11) is 3.88. The van der Waals surface area contributed by atoms with Crippen LogP contribution in [0, 0.1) is 11.8 Å². The zero-order chi connectivity index (χ0) is 20.5. The molecule has 28 heavy (non-hydrogen) atoms. The van der Waals surface area contributed by atoms with Gasteiger partial charge in [-0.05, 0) is 32.3 Å². The minimum atomic E-state index is -4.55. The Balaban J connectivity index is 1.94. The van der Waals surface area contributed by atoms with Gasteiger partial charge in [-0.25, -0.2) is 4.98 Å². The zero-order valence-electron chi connectivity index (χ0n) is 15.5. The molecule has 0 aliphatic rings. The lowest BCUT2D eigenvalue weighted by atomic mass is 10.0. The van der Waals surface area contributed by atoms with Crippen molar-refractivity contribution in [2.45, 2.75) is 12.2 Å². The van der Waals surface area contributed by atoms with E-state index in [4.69, 9.17) is 11.5 Å². The van der Waals surface area contributed by atoms with Gasteiger partial charge in [0.2, 0.25) is 0 Å². The summed E-state index contributed by atoms with van der Waals surface area (Å²) in [6, 6.07) is 5.94. The van der Waals surface area contributed by atoms with Crippen LogP contribution < -0.4 is 11.5 Å². The molecule has 0 radical (unpaired) electrons. The van der Waals surface area contributed by atoms with E-state index in [0.717, 1.165) is 5.56 Å².